The molecule has 0 atom stereocenters. The first kappa shape index (κ1) is 20.2. The second-order valence-electron chi connectivity index (χ2n) is 6.58. The Balaban J connectivity index is 3.59. The second kappa shape index (κ2) is 11.8. The van der Waals surface area contributed by atoms with E-state index >= 15 is 0 Å². The molecule has 0 unspecified atom stereocenters. The summed E-state index contributed by atoms with van der Waals surface area (Å²) in [5.41, 5.74) is 5.42. The molecule has 2 N–H and O–H groups in total. The first-order chi connectivity index (χ1) is 9.95. The highest BCUT2D eigenvalue weighted by molar-refractivity contribution is 5.70. The predicted molar refractivity (Wildman–Crippen MR) is 90.8 cm³/mol. The van der Waals surface area contributed by atoms with Crippen molar-refractivity contribution in [1.82, 2.24) is 5.01 Å². The van der Waals surface area contributed by atoms with Gasteiger partial charge in [-0.1, -0.05) is 58.3 Å². The van der Waals surface area contributed by atoms with Gasteiger partial charge in [-0.2, -0.15) is 5.01 Å². The van der Waals surface area contributed by atoms with Crippen molar-refractivity contribution in [3.63, 3.8) is 0 Å². The van der Waals surface area contributed by atoms with E-state index in [4.69, 9.17) is 5.73 Å². The molecule has 2 amide bonds. The molecular weight excluding hydrogens is 262 g/mol. The maximum atomic E-state index is 11.4. The number of nitrogens with zero attached hydrogens (tertiary/aromatic N) is 2. The Morgan fingerprint density at radius 2 is 1.29 bits per heavy atom. The van der Waals surface area contributed by atoms with E-state index in [9.17, 15) is 4.79 Å². The van der Waals surface area contributed by atoms with Crippen LogP contribution in [-0.4, -0.2) is 42.8 Å². The largest absolute Gasteiger partial charge is 0.358 e. The van der Waals surface area contributed by atoms with Gasteiger partial charge < -0.3 is 5.73 Å². The third kappa shape index (κ3) is 9.72. The molecule has 0 aliphatic carbocycles. The lowest BCUT2D eigenvalue weighted by molar-refractivity contribution is -0.990. The molecule has 0 saturated carbocycles. The Morgan fingerprint density at radius 1 is 0.857 bits per heavy atom. The van der Waals surface area contributed by atoms with Crippen molar-refractivity contribution < 1.29 is 9.39 Å². The summed E-state index contributed by atoms with van der Waals surface area (Å²) in [6.45, 7) is 5.88. The average molecular weight is 301 g/mol. The zero-order valence-electron chi connectivity index (χ0n) is 14.9. The molecule has 0 aromatic rings. The molecule has 0 spiro atoms. The highest BCUT2D eigenvalue weighted by Gasteiger charge is 2.26. The van der Waals surface area contributed by atoms with Gasteiger partial charge in [-0.3, -0.25) is 0 Å². The molecule has 21 heavy (non-hydrogen) atoms. The van der Waals surface area contributed by atoms with Gasteiger partial charge in [0, 0.05) is 0 Å². The van der Waals surface area contributed by atoms with Crippen molar-refractivity contribution in [3.05, 3.63) is 0 Å². The topological polar surface area (TPSA) is 46.3 Å². The van der Waals surface area contributed by atoms with E-state index < -0.39 is 0 Å². The molecule has 4 nitrogen and oxygen atoms in total. The minimum absolute atomic E-state index is 0.324. The fourth-order valence-corrected chi connectivity index (χ4v) is 2.91. The van der Waals surface area contributed by atoms with Gasteiger partial charge in [-0.05, 0) is 19.8 Å². The van der Waals surface area contributed by atoms with Crippen LogP contribution in [0.2, 0.25) is 0 Å². The van der Waals surface area contributed by atoms with Crippen molar-refractivity contribution >= 4 is 6.03 Å². The highest BCUT2D eigenvalue weighted by Crippen LogP contribution is 2.13. The van der Waals surface area contributed by atoms with Gasteiger partial charge >= 0.3 is 6.03 Å². The fraction of sp³-hybridized carbons (Fsp3) is 0.941. The zero-order valence-corrected chi connectivity index (χ0v) is 14.9. The van der Waals surface area contributed by atoms with Gasteiger partial charge in [0.15, 0.2) is 0 Å². The summed E-state index contributed by atoms with van der Waals surface area (Å²) in [5.74, 6) is 0. The number of hydrogen-bond donors (Lipinski definition) is 1. The van der Waals surface area contributed by atoms with Crippen LogP contribution < -0.4 is 5.73 Å². The van der Waals surface area contributed by atoms with E-state index in [1.807, 2.05) is 6.92 Å². The summed E-state index contributed by atoms with van der Waals surface area (Å²) in [5, 5.41) is 1.72. The number of amides is 2. The molecule has 0 rings (SSSR count). The third-order valence-corrected chi connectivity index (χ3v) is 4.27. The molecule has 0 aliphatic heterocycles. The number of quaternary nitrogens is 1. The van der Waals surface area contributed by atoms with Crippen molar-refractivity contribution in [3.8, 4) is 0 Å². The summed E-state index contributed by atoms with van der Waals surface area (Å²) in [4.78, 5) is 11.4. The minimum atomic E-state index is -0.324. The van der Waals surface area contributed by atoms with Crippen LogP contribution >= 0.6 is 0 Å². The van der Waals surface area contributed by atoms with E-state index in [2.05, 4.69) is 21.0 Å². The molecule has 0 saturated heterocycles. The smallest absolute Gasteiger partial charge is 0.348 e. The minimum Gasteiger partial charge on any atom is -0.348 e. The molecular formula is C17H38N3O+. The number of rotatable bonds is 13. The van der Waals surface area contributed by atoms with Crippen LogP contribution in [-0.2, 0) is 0 Å². The van der Waals surface area contributed by atoms with E-state index in [0.29, 0.717) is 11.1 Å². The molecule has 0 fully saturated rings. The molecule has 126 valence electrons. The van der Waals surface area contributed by atoms with E-state index in [1.54, 1.807) is 5.01 Å². The number of nitrogens with two attached hydrogens (primary N) is 1. The second-order valence-corrected chi connectivity index (χ2v) is 6.58. The zero-order chi connectivity index (χ0) is 16.1. The maximum Gasteiger partial charge on any atom is 0.358 e. The van der Waals surface area contributed by atoms with Gasteiger partial charge in [-0.25, -0.2) is 9.39 Å². The quantitative estimate of drug-likeness (QED) is 0.308. The number of carbonyl (C=O) groups is 1. The average Bonchev–Trinajstić information content (AvgIpc) is 2.40. The molecule has 0 radical (unpaired) electrons. The first-order valence-electron chi connectivity index (χ1n) is 8.86. The maximum absolute atomic E-state index is 11.4. The molecule has 0 aliphatic rings. The number of hydrogen-bond acceptors (Lipinski definition) is 1. The Kier molecular flexibility index (Phi) is 11.4. The number of urea groups is 1. The fourth-order valence-electron chi connectivity index (χ4n) is 2.91. The monoisotopic (exact) mass is 300 g/mol. The van der Waals surface area contributed by atoms with Gasteiger partial charge in [0.25, 0.3) is 0 Å². The summed E-state index contributed by atoms with van der Waals surface area (Å²) < 4.78 is 0.572. The summed E-state index contributed by atoms with van der Waals surface area (Å²) in [6.07, 6.45) is 13.4. The van der Waals surface area contributed by atoms with Crippen molar-refractivity contribution in [2.75, 3.05) is 27.2 Å². The summed E-state index contributed by atoms with van der Waals surface area (Å²) >= 11 is 0. The van der Waals surface area contributed by atoms with Crippen LogP contribution in [0.25, 0.3) is 0 Å². The van der Waals surface area contributed by atoms with Crippen LogP contribution in [0.1, 0.15) is 78.1 Å². The molecule has 4 heteroatoms. The Labute approximate surface area is 132 Å². The van der Waals surface area contributed by atoms with Crippen LogP contribution in [0.4, 0.5) is 4.79 Å². The normalized spacial score (nSPS) is 11.6. The van der Waals surface area contributed by atoms with Gasteiger partial charge in [0.2, 0.25) is 0 Å². The number of unbranched alkanes of at least 4 members (excludes halogenated alkanes) is 9. The Morgan fingerprint density at radius 3 is 1.67 bits per heavy atom. The third-order valence-electron chi connectivity index (χ3n) is 4.27. The van der Waals surface area contributed by atoms with Crippen LogP contribution in [0.3, 0.4) is 0 Å². The Bertz CT molecular complexity index is 267. The van der Waals surface area contributed by atoms with Crippen molar-refractivity contribution in [1.29, 1.82) is 0 Å². The molecule has 0 bridgehead atoms. The lowest BCUT2D eigenvalue weighted by Gasteiger charge is -2.37. The molecule has 0 aromatic heterocycles. The standard InChI is InChI=1S/C17H37N3O/c1-5-7-8-9-10-11-12-13-14-15-16-20(3,4)19(6-2)17(18)21/h5-16H2,1-4H3,(H-,18,21)/p+1. The van der Waals surface area contributed by atoms with E-state index in [1.165, 1.54) is 57.8 Å². The lowest BCUT2D eigenvalue weighted by Crippen LogP contribution is -2.59. The van der Waals surface area contributed by atoms with Crippen LogP contribution in [0.5, 0.6) is 0 Å². The summed E-state index contributed by atoms with van der Waals surface area (Å²) in [6, 6.07) is -0.324. The molecule has 0 heterocycles. The molecule has 0 aromatic carbocycles. The Hall–Kier alpha value is -0.770. The lowest BCUT2D eigenvalue weighted by atomic mass is 10.1. The first-order valence-corrected chi connectivity index (χ1v) is 8.86. The van der Waals surface area contributed by atoms with E-state index in [0.717, 1.165) is 13.0 Å². The number of primary amides is 1. The van der Waals surface area contributed by atoms with Crippen molar-refractivity contribution in [2.24, 2.45) is 5.73 Å². The number of carbonyl (C=O) groups excluding carboxylic acids is 1. The van der Waals surface area contributed by atoms with Crippen LogP contribution in [0.15, 0.2) is 0 Å². The van der Waals surface area contributed by atoms with Gasteiger partial charge in [0.1, 0.15) is 6.54 Å². The highest BCUT2D eigenvalue weighted by atomic mass is 16.2. The predicted octanol–water partition coefficient (Wildman–Crippen LogP) is 4.30. The van der Waals surface area contributed by atoms with Crippen molar-refractivity contribution in [2.45, 2.75) is 78.1 Å². The SMILES string of the molecule is CCCCCCCCCCCC[N+](C)(C)N(CC)C(N)=O. The van der Waals surface area contributed by atoms with Gasteiger partial charge in [-0.15, -0.1) is 0 Å². The van der Waals surface area contributed by atoms with E-state index in [-0.39, 0.29) is 6.03 Å². The summed E-state index contributed by atoms with van der Waals surface area (Å²) in [7, 11) is 4.12. The van der Waals surface area contributed by atoms with Crippen LogP contribution in [0, 0.1) is 0 Å². The van der Waals surface area contributed by atoms with Gasteiger partial charge in [0.05, 0.1) is 20.6 Å².